The van der Waals surface area contributed by atoms with Gasteiger partial charge in [0.2, 0.25) is 0 Å². The fraction of sp³-hybridized carbons (Fsp3) is 0.333. The van der Waals surface area contributed by atoms with E-state index in [2.05, 4.69) is 53.3 Å². The molecule has 0 radical (unpaired) electrons. The van der Waals surface area contributed by atoms with E-state index in [1.54, 1.807) is 11.3 Å². The maximum Gasteiger partial charge on any atom is 0.104 e. The van der Waals surface area contributed by atoms with Gasteiger partial charge in [-0.05, 0) is 30.0 Å². The molecule has 1 heterocycles. The number of hydrogen-bond acceptors (Lipinski definition) is 3. The lowest BCUT2D eigenvalue weighted by Crippen LogP contribution is -2.23. The minimum absolute atomic E-state index is 0.0898. The standard InChI is InChI=1S/C18H21NOS/c1-2-3-12-19(17-9-5-4-6-10-17)15-18-16(8-7-13-20)11-14-21-18/h4-6,9-11,14,20H,2-3,12-13,15H2,1H3. The van der Waals surface area contributed by atoms with Gasteiger partial charge in [-0.15, -0.1) is 11.3 Å². The maximum atomic E-state index is 8.85. The number of nitrogens with zero attached hydrogens (tertiary/aromatic N) is 1. The molecular weight excluding hydrogens is 278 g/mol. The average Bonchev–Trinajstić information content (AvgIpc) is 2.97. The Morgan fingerprint density at radius 2 is 2.00 bits per heavy atom. The van der Waals surface area contributed by atoms with Crippen molar-refractivity contribution in [1.29, 1.82) is 0 Å². The fourth-order valence-corrected chi connectivity index (χ4v) is 3.01. The van der Waals surface area contributed by atoms with E-state index in [1.807, 2.05) is 12.1 Å². The van der Waals surface area contributed by atoms with Crippen LogP contribution in [0.25, 0.3) is 0 Å². The van der Waals surface area contributed by atoms with Crippen molar-refractivity contribution >= 4 is 17.0 Å². The van der Waals surface area contributed by atoms with E-state index in [0.29, 0.717) is 0 Å². The normalized spacial score (nSPS) is 10.0. The first kappa shape index (κ1) is 15.6. The van der Waals surface area contributed by atoms with Crippen molar-refractivity contribution in [2.24, 2.45) is 0 Å². The van der Waals surface area contributed by atoms with Crippen molar-refractivity contribution in [1.82, 2.24) is 0 Å². The number of para-hydroxylation sites is 1. The highest BCUT2D eigenvalue weighted by atomic mass is 32.1. The Bertz CT molecular complexity index is 594. The van der Waals surface area contributed by atoms with Crippen molar-refractivity contribution < 1.29 is 5.11 Å². The van der Waals surface area contributed by atoms with Gasteiger partial charge in [0.05, 0.1) is 6.54 Å². The first-order valence-corrected chi connectivity index (χ1v) is 8.19. The lowest BCUT2D eigenvalue weighted by Gasteiger charge is -2.24. The fourth-order valence-electron chi connectivity index (χ4n) is 2.17. The number of anilines is 1. The van der Waals surface area contributed by atoms with Crippen molar-refractivity contribution in [2.45, 2.75) is 26.3 Å². The zero-order valence-electron chi connectivity index (χ0n) is 12.4. The molecule has 110 valence electrons. The number of benzene rings is 1. The molecule has 2 rings (SSSR count). The quantitative estimate of drug-likeness (QED) is 0.818. The van der Waals surface area contributed by atoms with Crippen LogP contribution in [0.4, 0.5) is 5.69 Å². The number of unbranched alkanes of at least 4 members (excludes halogenated alkanes) is 1. The minimum Gasteiger partial charge on any atom is -0.384 e. The Kier molecular flexibility index (Phi) is 6.33. The van der Waals surface area contributed by atoms with Crippen molar-refractivity contribution in [3.8, 4) is 11.8 Å². The van der Waals surface area contributed by atoms with Crippen LogP contribution in [0.3, 0.4) is 0 Å². The van der Waals surface area contributed by atoms with Gasteiger partial charge >= 0.3 is 0 Å². The Morgan fingerprint density at radius 3 is 2.71 bits per heavy atom. The van der Waals surface area contributed by atoms with E-state index in [4.69, 9.17) is 5.11 Å². The van der Waals surface area contributed by atoms with Crippen LogP contribution in [0.15, 0.2) is 41.8 Å². The van der Waals surface area contributed by atoms with Crippen LogP contribution in [0.5, 0.6) is 0 Å². The summed E-state index contributed by atoms with van der Waals surface area (Å²) in [5, 5.41) is 10.9. The van der Waals surface area contributed by atoms with Gasteiger partial charge in [-0.3, -0.25) is 0 Å². The summed E-state index contributed by atoms with van der Waals surface area (Å²) in [4.78, 5) is 3.66. The second kappa shape index (κ2) is 8.51. The SMILES string of the molecule is CCCCN(Cc1sccc1C#CCO)c1ccccc1. The summed E-state index contributed by atoms with van der Waals surface area (Å²) in [5.41, 5.74) is 2.28. The molecule has 3 heteroatoms. The second-order valence-corrected chi connectivity index (χ2v) is 5.83. The third-order valence-electron chi connectivity index (χ3n) is 3.28. The van der Waals surface area contributed by atoms with Crippen LogP contribution < -0.4 is 4.90 Å². The van der Waals surface area contributed by atoms with Crippen molar-refractivity contribution in [3.05, 3.63) is 52.2 Å². The lowest BCUT2D eigenvalue weighted by atomic mass is 10.2. The molecule has 0 unspecified atom stereocenters. The number of hydrogen-bond donors (Lipinski definition) is 1. The molecule has 0 bridgehead atoms. The first-order valence-electron chi connectivity index (χ1n) is 7.31. The summed E-state index contributed by atoms with van der Waals surface area (Å²) in [6.45, 7) is 4.04. The van der Waals surface area contributed by atoms with E-state index in [-0.39, 0.29) is 6.61 Å². The summed E-state index contributed by atoms with van der Waals surface area (Å²) in [7, 11) is 0. The molecule has 0 fully saturated rings. The molecule has 0 aliphatic rings. The van der Waals surface area contributed by atoms with E-state index in [0.717, 1.165) is 18.7 Å². The van der Waals surface area contributed by atoms with E-state index >= 15 is 0 Å². The van der Waals surface area contributed by atoms with Crippen molar-refractivity contribution in [3.63, 3.8) is 0 Å². The van der Waals surface area contributed by atoms with Gasteiger partial charge in [0.15, 0.2) is 0 Å². The summed E-state index contributed by atoms with van der Waals surface area (Å²) in [6, 6.07) is 12.5. The molecule has 1 aromatic carbocycles. The largest absolute Gasteiger partial charge is 0.384 e. The highest BCUT2D eigenvalue weighted by Gasteiger charge is 2.10. The van der Waals surface area contributed by atoms with E-state index < -0.39 is 0 Å². The van der Waals surface area contributed by atoms with Gasteiger partial charge in [-0.2, -0.15) is 0 Å². The minimum atomic E-state index is -0.0898. The zero-order chi connectivity index (χ0) is 14.9. The number of aliphatic hydroxyl groups is 1. The second-order valence-electron chi connectivity index (χ2n) is 4.83. The van der Waals surface area contributed by atoms with Gasteiger partial charge in [-0.1, -0.05) is 43.4 Å². The predicted octanol–water partition coefficient (Wildman–Crippen LogP) is 3.90. The zero-order valence-corrected chi connectivity index (χ0v) is 13.2. The molecule has 2 nitrogen and oxygen atoms in total. The Balaban J connectivity index is 2.17. The maximum absolute atomic E-state index is 8.85. The lowest BCUT2D eigenvalue weighted by molar-refractivity contribution is 0.350. The molecule has 0 saturated heterocycles. The van der Waals surface area contributed by atoms with Gasteiger partial charge in [-0.25, -0.2) is 0 Å². The highest BCUT2D eigenvalue weighted by Crippen LogP contribution is 2.23. The predicted molar refractivity (Wildman–Crippen MR) is 90.7 cm³/mol. The van der Waals surface area contributed by atoms with E-state index in [1.165, 1.54) is 23.4 Å². The smallest absolute Gasteiger partial charge is 0.104 e. The van der Waals surface area contributed by atoms with Gasteiger partial charge < -0.3 is 10.0 Å². The summed E-state index contributed by atoms with van der Waals surface area (Å²) < 4.78 is 0. The van der Waals surface area contributed by atoms with Crippen LogP contribution in [-0.2, 0) is 6.54 Å². The van der Waals surface area contributed by atoms with E-state index in [9.17, 15) is 0 Å². The van der Waals surface area contributed by atoms with Crippen LogP contribution in [0, 0.1) is 11.8 Å². The highest BCUT2D eigenvalue weighted by molar-refractivity contribution is 7.10. The third kappa shape index (κ3) is 4.63. The Labute approximate surface area is 131 Å². The molecule has 0 aliphatic heterocycles. The summed E-state index contributed by atoms with van der Waals surface area (Å²) in [5.74, 6) is 5.78. The molecule has 21 heavy (non-hydrogen) atoms. The van der Waals surface area contributed by atoms with Gasteiger partial charge in [0, 0.05) is 22.7 Å². The number of aliphatic hydroxyl groups excluding tert-OH is 1. The topological polar surface area (TPSA) is 23.5 Å². The molecule has 1 aromatic heterocycles. The monoisotopic (exact) mass is 299 g/mol. The van der Waals surface area contributed by atoms with Crippen molar-refractivity contribution in [2.75, 3.05) is 18.1 Å². The molecule has 0 spiro atoms. The molecule has 1 N–H and O–H groups in total. The molecule has 0 amide bonds. The Morgan fingerprint density at radius 1 is 1.19 bits per heavy atom. The summed E-state index contributed by atoms with van der Waals surface area (Å²) in [6.07, 6.45) is 2.36. The summed E-state index contributed by atoms with van der Waals surface area (Å²) >= 11 is 1.73. The van der Waals surface area contributed by atoms with Crippen LogP contribution in [0.1, 0.15) is 30.2 Å². The molecule has 2 aromatic rings. The molecule has 0 atom stereocenters. The Hall–Kier alpha value is -1.76. The molecule has 0 aliphatic carbocycles. The number of thiophene rings is 1. The van der Waals surface area contributed by atoms with Crippen LogP contribution in [-0.4, -0.2) is 18.3 Å². The van der Waals surface area contributed by atoms with Crippen LogP contribution in [0.2, 0.25) is 0 Å². The van der Waals surface area contributed by atoms with Gasteiger partial charge in [0.25, 0.3) is 0 Å². The average molecular weight is 299 g/mol. The number of rotatable bonds is 6. The first-order chi connectivity index (χ1) is 10.3. The molecule has 0 saturated carbocycles. The third-order valence-corrected chi connectivity index (χ3v) is 4.19. The van der Waals surface area contributed by atoms with Gasteiger partial charge in [0.1, 0.15) is 6.61 Å². The molecular formula is C18H21NOS. The van der Waals surface area contributed by atoms with Crippen LogP contribution >= 0.6 is 11.3 Å².